The minimum atomic E-state index is 0.458. The number of hydrogen-bond donors (Lipinski definition) is 0. The molecule has 0 amide bonds. The summed E-state index contributed by atoms with van der Waals surface area (Å²) in [5.41, 5.74) is 0.638. The molecule has 0 spiro atoms. The minimum absolute atomic E-state index is 0.458. The van der Waals surface area contributed by atoms with Gasteiger partial charge in [0, 0.05) is 31.4 Å². The highest BCUT2D eigenvalue weighted by molar-refractivity contribution is 5.43. The highest BCUT2D eigenvalue weighted by Gasteiger charge is 2.58. The lowest BCUT2D eigenvalue weighted by Gasteiger charge is -2.10. The lowest BCUT2D eigenvalue weighted by atomic mass is 10.3. The lowest BCUT2D eigenvalue weighted by molar-refractivity contribution is 0.348. The summed E-state index contributed by atoms with van der Waals surface area (Å²) < 4.78 is 5.72. The molecule has 2 fully saturated rings. The van der Waals surface area contributed by atoms with Crippen molar-refractivity contribution < 1.29 is 4.42 Å². The maximum atomic E-state index is 5.72. The van der Waals surface area contributed by atoms with Crippen LogP contribution in [0.1, 0.15) is 11.8 Å². The molecule has 4 rings (SSSR count). The molecule has 0 aromatic carbocycles. The Kier molecular flexibility index (Phi) is 2.02. The second-order valence-electron chi connectivity index (χ2n) is 5.11. The van der Waals surface area contributed by atoms with Crippen LogP contribution in [0.4, 0.5) is 0 Å². The van der Waals surface area contributed by atoms with E-state index in [1.807, 2.05) is 0 Å². The van der Waals surface area contributed by atoms with Gasteiger partial charge >= 0.3 is 0 Å². The predicted molar refractivity (Wildman–Crippen MR) is 62.5 cm³/mol. The van der Waals surface area contributed by atoms with Crippen molar-refractivity contribution in [3.05, 3.63) is 24.5 Å². The van der Waals surface area contributed by atoms with Crippen LogP contribution in [0, 0.1) is 11.8 Å². The number of rotatable bonds is 2. The number of aromatic nitrogens is 4. The zero-order chi connectivity index (χ0) is 12.1. The molecule has 0 bridgehead atoms. The van der Waals surface area contributed by atoms with Crippen LogP contribution in [0.15, 0.2) is 23.0 Å². The summed E-state index contributed by atoms with van der Waals surface area (Å²) in [6.07, 6.45) is 4.89. The van der Waals surface area contributed by atoms with Crippen LogP contribution in [-0.2, 0) is 0 Å². The molecular formula is C12H13N5O. The fourth-order valence-electron chi connectivity index (χ4n) is 2.99. The van der Waals surface area contributed by atoms with Crippen molar-refractivity contribution in [2.45, 2.75) is 5.92 Å². The van der Waals surface area contributed by atoms with E-state index >= 15 is 0 Å². The Balaban J connectivity index is 1.57. The number of piperidine rings is 1. The highest BCUT2D eigenvalue weighted by Crippen LogP contribution is 2.57. The van der Waals surface area contributed by atoms with Gasteiger partial charge in [-0.3, -0.25) is 4.98 Å². The molecule has 1 aliphatic heterocycles. The first-order chi connectivity index (χ1) is 8.83. The third-order valence-corrected chi connectivity index (χ3v) is 3.88. The minimum Gasteiger partial charge on any atom is -0.419 e. The molecular weight excluding hydrogens is 230 g/mol. The Morgan fingerprint density at radius 2 is 2.06 bits per heavy atom. The maximum Gasteiger partial charge on any atom is 0.267 e. The fourth-order valence-corrected chi connectivity index (χ4v) is 2.99. The molecule has 0 N–H and O–H groups in total. The third-order valence-electron chi connectivity index (χ3n) is 3.88. The molecule has 0 unspecified atom stereocenters. The molecule has 1 aliphatic carbocycles. The molecule has 3 atom stereocenters. The molecule has 18 heavy (non-hydrogen) atoms. The zero-order valence-corrected chi connectivity index (χ0v) is 10.0. The first-order valence-electron chi connectivity index (χ1n) is 6.11. The van der Waals surface area contributed by atoms with Crippen LogP contribution in [0.2, 0.25) is 0 Å². The van der Waals surface area contributed by atoms with Crippen molar-refractivity contribution >= 4 is 0 Å². The molecule has 92 valence electrons. The SMILES string of the molecule is CN1C[C@@H]2[C@H](C1)[C@H]2c1nnc(-c2cnccn2)o1. The number of likely N-dealkylation sites (tertiary alicyclic amines) is 1. The Labute approximate surface area is 104 Å². The van der Waals surface area contributed by atoms with Gasteiger partial charge in [0.25, 0.3) is 5.89 Å². The summed E-state index contributed by atoms with van der Waals surface area (Å²) in [5, 5.41) is 8.22. The van der Waals surface area contributed by atoms with Gasteiger partial charge in [0.05, 0.1) is 6.20 Å². The van der Waals surface area contributed by atoms with Gasteiger partial charge < -0.3 is 9.32 Å². The van der Waals surface area contributed by atoms with Crippen LogP contribution >= 0.6 is 0 Å². The van der Waals surface area contributed by atoms with E-state index in [9.17, 15) is 0 Å². The second-order valence-corrected chi connectivity index (χ2v) is 5.11. The summed E-state index contributed by atoms with van der Waals surface area (Å²) in [6, 6.07) is 0. The first-order valence-corrected chi connectivity index (χ1v) is 6.11. The molecule has 3 heterocycles. The van der Waals surface area contributed by atoms with E-state index in [0.717, 1.165) is 19.0 Å². The zero-order valence-electron chi connectivity index (χ0n) is 10.0. The Hall–Kier alpha value is -1.82. The normalized spacial score (nSPS) is 30.4. The van der Waals surface area contributed by atoms with E-state index in [4.69, 9.17) is 4.42 Å². The monoisotopic (exact) mass is 243 g/mol. The second kappa shape index (κ2) is 3.58. The van der Waals surface area contributed by atoms with E-state index in [2.05, 4.69) is 32.1 Å². The third kappa shape index (κ3) is 1.45. The summed E-state index contributed by atoms with van der Waals surface area (Å²) in [4.78, 5) is 10.5. The highest BCUT2D eigenvalue weighted by atomic mass is 16.4. The van der Waals surface area contributed by atoms with Gasteiger partial charge in [-0.15, -0.1) is 10.2 Å². The van der Waals surface area contributed by atoms with Crippen LogP contribution < -0.4 is 0 Å². The quantitative estimate of drug-likeness (QED) is 0.777. The smallest absolute Gasteiger partial charge is 0.267 e. The van der Waals surface area contributed by atoms with Gasteiger partial charge in [0.15, 0.2) is 0 Å². The Bertz CT molecular complexity index is 557. The molecule has 2 aromatic heterocycles. The molecule has 6 heteroatoms. The summed E-state index contributed by atoms with van der Waals surface area (Å²) in [5.74, 6) is 3.09. The molecule has 1 saturated heterocycles. The lowest BCUT2D eigenvalue weighted by Crippen LogP contribution is -2.18. The van der Waals surface area contributed by atoms with Crippen LogP contribution in [0.3, 0.4) is 0 Å². The number of hydrogen-bond acceptors (Lipinski definition) is 6. The first kappa shape index (κ1) is 10.1. The van der Waals surface area contributed by atoms with Gasteiger partial charge in [0.2, 0.25) is 5.89 Å². The van der Waals surface area contributed by atoms with Crippen molar-refractivity contribution in [2.24, 2.45) is 11.8 Å². The standard InChI is InChI=1S/C12H13N5O/c1-17-5-7-8(6-17)10(7)12-16-15-11(18-12)9-4-13-2-3-14-9/h2-4,7-8,10H,5-6H2,1H3/t7-,8+,10+. The van der Waals surface area contributed by atoms with E-state index in [-0.39, 0.29) is 0 Å². The van der Waals surface area contributed by atoms with Gasteiger partial charge in [-0.2, -0.15) is 0 Å². The van der Waals surface area contributed by atoms with Gasteiger partial charge in [-0.05, 0) is 18.9 Å². The van der Waals surface area contributed by atoms with Crippen molar-refractivity contribution in [1.29, 1.82) is 0 Å². The Morgan fingerprint density at radius 1 is 1.22 bits per heavy atom. The van der Waals surface area contributed by atoms with Crippen LogP contribution in [-0.4, -0.2) is 45.2 Å². The summed E-state index contributed by atoms with van der Waals surface area (Å²) >= 11 is 0. The topological polar surface area (TPSA) is 67.9 Å². The van der Waals surface area contributed by atoms with Crippen molar-refractivity contribution in [3.63, 3.8) is 0 Å². The fraction of sp³-hybridized carbons (Fsp3) is 0.500. The average Bonchev–Trinajstić information content (AvgIpc) is 2.82. The molecule has 1 saturated carbocycles. The predicted octanol–water partition coefficient (Wildman–Crippen LogP) is 0.802. The van der Waals surface area contributed by atoms with Gasteiger partial charge in [-0.1, -0.05) is 0 Å². The van der Waals surface area contributed by atoms with Crippen molar-refractivity contribution in [1.82, 2.24) is 25.1 Å². The van der Waals surface area contributed by atoms with E-state index in [0.29, 0.717) is 29.3 Å². The van der Waals surface area contributed by atoms with Crippen LogP contribution in [0.25, 0.3) is 11.6 Å². The van der Waals surface area contributed by atoms with E-state index < -0.39 is 0 Å². The summed E-state index contributed by atoms with van der Waals surface area (Å²) in [6.45, 7) is 2.27. The van der Waals surface area contributed by atoms with Crippen molar-refractivity contribution in [2.75, 3.05) is 20.1 Å². The maximum absolute atomic E-state index is 5.72. The molecule has 6 nitrogen and oxygen atoms in total. The molecule has 2 aromatic rings. The van der Waals surface area contributed by atoms with Crippen LogP contribution in [0.5, 0.6) is 0 Å². The van der Waals surface area contributed by atoms with Crippen molar-refractivity contribution in [3.8, 4) is 11.6 Å². The van der Waals surface area contributed by atoms with E-state index in [1.54, 1.807) is 18.6 Å². The van der Waals surface area contributed by atoms with E-state index in [1.165, 1.54) is 0 Å². The average molecular weight is 243 g/mol. The van der Waals surface area contributed by atoms with Gasteiger partial charge in [-0.25, -0.2) is 4.98 Å². The number of nitrogens with zero attached hydrogens (tertiary/aromatic N) is 5. The number of fused-ring (bicyclic) bond motifs is 1. The summed E-state index contributed by atoms with van der Waals surface area (Å²) in [7, 11) is 2.15. The molecule has 0 radical (unpaired) electrons. The Morgan fingerprint density at radius 3 is 2.78 bits per heavy atom. The molecule has 2 aliphatic rings. The van der Waals surface area contributed by atoms with Gasteiger partial charge in [0.1, 0.15) is 5.69 Å². The largest absolute Gasteiger partial charge is 0.419 e.